The van der Waals surface area contributed by atoms with E-state index in [1.165, 1.54) is 6.92 Å². The van der Waals surface area contributed by atoms with Crippen molar-refractivity contribution in [3.63, 3.8) is 0 Å². The number of hydrogen-bond donors (Lipinski definition) is 1. The summed E-state index contributed by atoms with van der Waals surface area (Å²) in [4.78, 5) is 12.2. The molecule has 130 valence electrons. The molecule has 0 aliphatic rings. The molecule has 1 amide bonds. The zero-order valence-electron chi connectivity index (χ0n) is 13.9. The second-order valence-electron chi connectivity index (χ2n) is 5.75. The molecule has 0 radical (unpaired) electrons. The lowest BCUT2D eigenvalue weighted by molar-refractivity contribution is -0.115. The molecule has 0 saturated heterocycles. The standard InChI is InChI=1S/C18H18F2N4O/c1-12-17(13(2)24(22-12)18(19)20)21-16(25)11-14-5-7-15(8-6-14)23-9-3-4-10-23/h3-10,18H,11H2,1-2H3,(H,21,25). The normalized spacial score (nSPS) is 11.1. The van der Waals surface area contributed by atoms with Gasteiger partial charge in [0.05, 0.1) is 23.5 Å². The molecule has 0 aliphatic heterocycles. The predicted octanol–water partition coefficient (Wildman–Crippen LogP) is 3.87. The molecule has 0 fully saturated rings. The average Bonchev–Trinajstić information content (AvgIpc) is 3.20. The van der Waals surface area contributed by atoms with E-state index in [1.807, 2.05) is 53.4 Å². The first-order chi connectivity index (χ1) is 12.0. The van der Waals surface area contributed by atoms with Crippen molar-refractivity contribution < 1.29 is 13.6 Å². The topological polar surface area (TPSA) is 51.9 Å². The van der Waals surface area contributed by atoms with Gasteiger partial charge in [0.15, 0.2) is 0 Å². The third-order valence-corrected chi connectivity index (χ3v) is 3.98. The van der Waals surface area contributed by atoms with Crippen molar-refractivity contribution in [3.8, 4) is 5.69 Å². The number of alkyl halides is 2. The van der Waals surface area contributed by atoms with E-state index in [2.05, 4.69) is 10.4 Å². The van der Waals surface area contributed by atoms with E-state index in [4.69, 9.17) is 0 Å². The number of nitrogens with one attached hydrogen (secondary N) is 1. The van der Waals surface area contributed by atoms with E-state index in [0.29, 0.717) is 16.1 Å². The maximum atomic E-state index is 12.8. The summed E-state index contributed by atoms with van der Waals surface area (Å²) in [6, 6.07) is 11.5. The number of carbonyl (C=O) groups is 1. The highest BCUT2D eigenvalue weighted by atomic mass is 19.3. The van der Waals surface area contributed by atoms with E-state index in [9.17, 15) is 13.6 Å². The third-order valence-electron chi connectivity index (χ3n) is 3.98. The molecule has 1 aromatic carbocycles. The Bertz CT molecular complexity index is 867. The first kappa shape index (κ1) is 16.9. The van der Waals surface area contributed by atoms with Crippen LogP contribution in [0.15, 0.2) is 48.8 Å². The highest BCUT2D eigenvalue weighted by Gasteiger charge is 2.18. The van der Waals surface area contributed by atoms with Gasteiger partial charge in [0.1, 0.15) is 0 Å². The molecule has 7 heteroatoms. The van der Waals surface area contributed by atoms with Gasteiger partial charge in [-0.3, -0.25) is 4.79 Å². The first-order valence-electron chi connectivity index (χ1n) is 7.81. The Hall–Kier alpha value is -2.96. The largest absolute Gasteiger partial charge is 0.333 e. The predicted molar refractivity (Wildman–Crippen MR) is 91.1 cm³/mol. The molecule has 0 saturated carbocycles. The lowest BCUT2D eigenvalue weighted by Gasteiger charge is -2.08. The summed E-state index contributed by atoms with van der Waals surface area (Å²) in [6.07, 6.45) is 4.03. The van der Waals surface area contributed by atoms with Gasteiger partial charge in [-0.25, -0.2) is 4.68 Å². The minimum atomic E-state index is -2.73. The molecular weight excluding hydrogens is 326 g/mol. The number of amides is 1. The number of hydrogen-bond acceptors (Lipinski definition) is 2. The van der Waals surface area contributed by atoms with Gasteiger partial charge < -0.3 is 9.88 Å². The fourth-order valence-electron chi connectivity index (χ4n) is 2.70. The van der Waals surface area contributed by atoms with Gasteiger partial charge in [0.25, 0.3) is 0 Å². The Balaban J connectivity index is 1.69. The van der Waals surface area contributed by atoms with Crippen LogP contribution in [0, 0.1) is 13.8 Å². The number of carbonyl (C=O) groups excluding carboxylic acids is 1. The van der Waals surface area contributed by atoms with Crippen molar-refractivity contribution in [2.45, 2.75) is 26.8 Å². The summed E-state index contributed by atoms with van der Waals surface area (Å²) in [7, 11) is 0. The quantitative estimate of drug-likeness (QED) is 0.764. The van der Waals surface area contributed by atoms with E-state index < -0.39 is 6.55 Å². The zero-order chi connectivity index (χ0) is 18.0. The van der Waals surface area contributed by atoms with E-state index in [0.717, 1.165) is 11.3 Å². The van der Waals surface area contributed by atoms with Gasteiger partial charge >= 0.3 is 6.55 Å². The van der Waals surface area contributed by atoms with E-state index >= 15 is 0 Å². The van der Waals surface area contributed by atoms with Crippen LogP contribution in [0.25, 0.3) is 5.69 Å². The molecule has 0 bridgehead atoms. The summed E-state index contributed by atoms with van der Waals surface area (Å²) < 4.78 is 28.3. The average molecular weight is 344 g/mol. The Kier molecular flexibility index (Phi) is 4.65. The van der Waals surface area contributed by atoms with Crippen LogP contribution in [-0.2, 0) is 11.2 Å². The summed E-state index contributed by atoms with van der Waals surface area (Å²) in [6.45, 7) is 0.367. The van der Waals surface area contributed by atoms with Crippen LogP contribution in [0.5, 0.6) is 0 Å². The Morgan fingerprint density at radius 3 is 2.36 bits per heavy atom. The molecule has 3 rings (SSSR count). The molecule has 2 aromatic heterocycles. The lowest BCUT2D eigenvalue weighted by Crippen LogP contribution is -2.15. The molecule has 0 atom stereocenters. The molecular formula is C18H18F2N4O. The van der Waals surface area contributed by atoms with Crippen molar-refractivity contribution in [3.05, 3.63) is 65.7 Å². The van der Waals surface area contributed by atoms with Gasteiger partial charge in [-0.2, -0.15) is 13.9 Å². The number of nitrogens with zero attached hydrogens (tertiary/aromatic N) is 3. The molecule has 0 spiro atoms. The van der Waals surface area contributed by atoms with Crippen LogP contribution >= 0.6 is 0 Å². The van der Waals surface area contributed by atoms with Crippen molar-refractivity contribution in [2.75, 3.05) is 5.32 Å². The maximum Gasteiger partial charge on any atom is 0.333 e. The third kappa shape index (κ3) is 3.60. The number of rotatable bonds is 5. The van der Waals surface area contributed by atoms with Crippen molar-refractivity contribution in [2.24, 2.45) is 0 Å². The van der Waals surface area contributed by atoms with Crippen LogP contribution in [0.1, 0.15) is 23.5 Å². The SMILES string of the molecule is Cc1nn(C(F)F)c(C)c1NC(=O)Cc1ccc(-n2cccc2)cc1. The van der Waals surface area contributed by atoms with Gasteiger partial charge in [-0.1, -0.05) is 12.1 Å². The Labute approximate surface area is 143 Å². The molecule has 1 N–H and O–H groups in total. The molecule has 25 heavy (non-hydrogen) atoms. The number of halogens is 2. The number of anilines is 1. The molecule has 2 heterocycles. The second kappa shape index (κ2) is 6.88. The molecule has 0 unspecified atom stereocenters. The van der Waals surface area contributed by atoms with Gasteiger partial charge in [-0.15, -0.1) is 0 Å². The summed E-state index contributed by atoms with van der Waals surface area (Å²) >= 11 is 0. The van der Waals surface area contributed by atoms with E-state index in [1.54, 1.807) is 6.92 Å². The number of benzene rings is 1. The van der Waals surface area contributed by atoms with Crippen LogP contribution in [0.3, 0.4) is 0 Å². The monoisotopic (exact) mass is 344 g/mol. The van der Waals surface area contributed by atoms with Crippen molar-refractivity contribution >= 4 is 11.6 Å². The van der Waals surface area contributed by atoms with Crippen molar-refractivity contribution in [1.29, 1.82) is 0 Å². The maximum absolute atomic E-state index is 12.8. The van der Waals surface area contributed by atoms with E-state index in [-0.39, 0.29) is 18.0 Å². The highest BCUT2D eigenvalue weighted by Crippen LogP contribution is 2.24. The number of aryl methyl sites for hydroxylation is 1. The van der Waals surface area contributed by atoms with Crippen LogP contribution < -0.4 is 5.32 Å². The summed E-state index contributed by atoms with van der Waals surface area (Å²) in [5, 5.41) is 6.44. The van der Waals surface area contributed by atoms with Crippen LogP contribution in [0.4, 0.5) is 14.5 Å². The minimum absolute atomic E-state index is 0.157. The van der Waals surface area contributed by atoms with Crippen molar-refractivity contribution in [1.82, 2.24) is 14.3 Å². The summed E-state index contributed by atoms with van der Waals surface area (Å²) in [5.41, 5.74) is 2.79. The highest BCUT2D eigenvalue weighted by molar-refractivity contribution is 5.93. The Morgan fingerprint density at radius 1 is 1.16 bits per heavy atom. The minimum Gasteiger partial charge on any atom is -0.324 e. The van der Waals surface area contributed by atoms with Crippen LogP contribution in [0.2, 0.25) is 0 Å². The Morgan fingerprint density at radius 2 is 1.80 bits per heavy atom. The van der Waals surface area contributed by atoms with Gasteiger partial charge in [0, 0.05) is 18.1 Å². The van der Waals surface area contributed by atoms with Crippen LogP contribution in [-0.4, -0.2) is 20.3 Å². The molecule has 5 nitrogen and oxygen atoms in total. The zero-order valence-corrected chi connectivity index (χ0v) is 13.9. The smallest absolute Gasteiger partial charge is 0.324 e. The van der Waals surface area contributed by atoms with Gasteiger partial charge in [-0.05, 0) is 43.7 Å². The first-order valence-corrected chi connectivity index (χ1v) is 7.81. The molecule has 3 aromatic rings. The fourth-order valence-corrected chi connectivity index (χ4v) is 2.70. The fraction of sp³-hybridized carbons (Fsp3) is 0.222. The van der Waals surface area contributed by atoms with Gasteiger partial charge in [0.2, 0.25) is 5.91 Å². The number of aromatic nitrogens is 3. The molecule has 0 aliphatic carbocycles. The second-order valence-corrected chi connectivity index (χ2v) is 5.75. The summed E-state index contributed by atoms with van der Waals surface area (Å²) in [5.74, 6) is -0.270. The lowest BCUT2D eigenvalue weighted by atomic mass is 10.1.